The van der Waals surface area contributed by atoms with E-state index in [1.165, 1.54) is 22.2 Å². The summed E-state index contributed by atoms with van der Waals surface area (Å²) in [6.07, 6.45) is 0. The molecule has 0 unspecified atom stereocenters. The van der Waals surface area contributed by atoms with Crippen LogP contribution in [-0.2, 0) is 6.54 Å². The number of rotatable bonds is 4. The predicted octanol–water partition coefficient (Wildman–Crippen LogP) is 3.33. The topological polar surface area (TPSA) is 39.1 Å². The van der Waals surface area contributed by atoms with Gasteiger partial charge in [0, 0.05) is 11.6 Å². The molecule has 3 nitrogen and oxygen atoms in total. The molecule has 110 valence electrons. The third kappa shape index (κ3) is 3.04. The molecule has 1 heterocycles. The second-order valence-electron chi connectivity index (χ2n) is 4.80. The Labute approximate surface area is 130 Å². The number of hydrogen-bond donors (Lipinski definition) is 0. The lowest BCUT2D eigenvalue weighted by Gasteiger charge is -2.01. The van der Waals surface area contributed by atoms with Gasteiger partial charge in [0.15, 0.2) is 0 Å². The molecule has 0 radical (unpaired) electrons. The van der Waals surface area contributed by atoms with Crippen LogP contribution in [0, 0.1) is 5.82 Å². The minimum Gasteiger partial charge on any atom is -0.288 e. The van der Waals surface area contributed by atoms with Gasteiger partial charge >= 0.3 is 0 Å². The van der Waals surface area contributed by atoms with Gasteiger partial charge in [-0.15, -0.1) is 0 Å². The van der Waals surface area contributed by atoms with Gasteiger partial charge in [-0.05, 0) is 17.7 Å². The molecule has 0 aliphatic heterocycles. The summed E-state index contributed by atoms with van der Waals surface area (Å²) in [4.78, 5) is 24.7. The van der Waals surface area contributed by atoms with Crippen LogP contribution in [0.5, 0.6) is 0 Å². The first kappa shape index (κ1) is 14.4. The molecule has 3 aromatic rings. The zero-order chi connectivity index (χ0) is 15.5. The number of aromatic nitrogens is 1. The summed E-state index contributed by atoms with van der Waals surface area (Å²) in [6, 6.07) is 16.1. The molecule has 0 atom stereocenters. The van der Waals surface area contributed by atoms with Crippen molar-refractivity contribution in [2.24, 2.45) is 0 Å². The molecular formula is C17H12FNO2S. The van der Waals surface area contributed by atoms with Gasteiger partial charge in [0.25, 0.3) is 5.56 Å². The lowest BCUT2D eigenvalue weighted by atomic mass is 10.1. The summed E-state index contributed by atoms with van der Waals surface area (Å²) in [6.45, 7) is 0.325. The summed E-state index contributed by atoms with van der Waals surface area (Å²) >= 11 is 1.12. The number of ketones is 1. The maximum absolute atomic E-state index is 12.9. The predicted molar refractivity (Wildman–Crippen MR) is 84.0 cm³/mol. The molecule has 0 aliphatic carbocycles. The standard InChI is InChI=1S/C17H12FNO2S/c18-14-8-6-12(7-9-14)11-19-16(20)10-15(22-19)17(21)13-4-2-1-3-5-13/h1-10H,11H2. The largest absolute Gasteiger partial charge is 0.288 e. The van der Waals surface area contributed by atoms with Crippen molar-refractivity contribution in [3.63, 3.8) is 0 Å². The fraction of sp³-hybridized carbons (Fsp3) is 0.0588. The molecule has 0 aliphatic rings. The number of hydrogen-bond acceptors (Lipinski definition) is 3. The van der Waals surface area contributed by atoms with Crippen molar-refractivity contribution < 1.29 is 9.18 Å². The van der Waals surface area contributed by atoms with Crippen molar-refractivity contribution in [2.75, 3.05) is 0 Å². The van der Waals surface area contributed by atoms with Gasteiger partial charge in [0.1, 0.15) is 5.82 Å². The van der Waals surface area contributed by atoms with E-state index >= 15 is 0 Å². The van der Waals surface area contributed by atoms with Gasteiger partial charge < -0.3 is 0 Å². The van der Waals surface area contributed by atoms with Crippen molar-refractivity contribution in [1.29, 1.82) is 0 Å². The Morgan fingerprint density at radius 2 is 1.73 bits per heavy atom. The van der Waals surface area contributed by atoms with Crippen molar-refractivity contribution in [2.45, 2.75) is 6.54 Å². The Balaban J connectivity index is 1.86. The molecule has 0 amide bonds. The van der Waals surface area contributed by atoms with E-state index in [1.807, 2.05) is 6.07 Å². The first-order chi connectivity index (χ1) is 10.6. The van der Waals surface area contributed by atoms with E-state index < -0.39 is 0 Å². The van der Waals surface area contributed by atoms with Crippen LogP contribution >= 0.6 is 11.5 Å². The van der Waals surface area contributed by atoms with Crippen molar-refractivity contribution in [3.8, 4) is 0 Å². The molecular weight excluding hydrogens is 301 g/mol. The minimum atomic E-state index is -0.317. The minimum absolute atomic E-state index is 0.166. The summed E-state index contributed by atoms with van der Waals surface area (Å²) in [5, 5.41) is 0. The molecule has 0 bridgehead atoms. The fourth-order valence-electron chi connectivity index (χ4n) is 2.08. The quantitative estimate of drug-likeness (QED) is 0.693. The number of carbonyl (C=O) groups is 1. The van der Waals surface area contributed by atoms with E-state index in [2.05, 4.69) is 0 Å². The number of carbonyl (C=O) groups excluding carboxylic acids is 1. The molecule has 0 spiro atoms. The van der Waals surface area contributed by atoms with Crippen LogP contribution in [0.4, 0.5) is 4.39 Å². The van der Waals surface area contributed by atoms with E-state index in [1.54, 1.807) is 36.4 Å². The third-order valence-corrected chi connectivity index (χ3v) is 4.24. The van der Waals surface area contributed by atoms with Crippen molar-refractivity contribution in [1.82, 2.24) is 3.96 Å². The lowest BCUT2D eigenvalue weighted by Crippen LogP contribution is -2.12. The van der Waals surface area contributed by atoms with Crippen LogP contribution in [0.15, 0.2) is 65.5 Å². The first-order valence-corrected chi connectivity index (χ1v) is 7.46. The van der Waals surface area contributed by atoms with Crippen molar-refractivity contribution in [3.05, 3.63) is 92.8 Å². The molecule has 22 heavy (non-hydrogen) atoms. The van der Waals surface area contributed by atoms with Crippen LogP contribution in [0.25, 0.3) is 0 Å². The molecule has 3 rings (SSSR count). The Morgan fingerprint density at radius 3 is 2.41 bits per heavy atom. The van der Waals surface area contributed by atoms with Crippen LogP contribution in [0.3, 0.4) is 0 Å². The second-order valence-corrected chi connectivity index (χ2v) is 5.86. The normalized spacial score (nSPS) is 10.6. The van der Waals surface area contributed by atoms with Gasteiger partial charge in [-0.1, -0.05) is 54.0 Å². The monoisotopic (exact) mass is 313 g/mol. The average molecular weight is 313 g/mol. The summed E-state index contributed by atoms with van der Waals surface area (Å²) in [5.74, 6) is -0.484. The Hall–Kier alpha value is -2.53. The van der Waals surface area contributed by atoms with Gasteiger partial charge in [-0.2, -0.15) is 0 Å². The average Bonchev–Trinajstić information content (AvgIpc) is 2.91. The highest BCUT2D eigenvalue weighted by Crippen LogP contribution is 2.14. The van der Waals surface area contributed by atoms with Gasteiger partial charge in [-0.3, -0.25) is 13.5 Å². The smallest absolute Gasteiger partial charge is 0.261 e. The van der Waals surface area contributed by atoms with E-state index in [9.17, 15) is 14.0 Å². The van der Waals surface area contributed by atoms with Crippen LogP contribution in [-0.4, -0.2) is 9.74 Å². The SMILES string of the molecule is O=C(c1ccccc1)c1cc(=O)n(Cc2ccc(F)cc2)s1. The highest BCUT2D eigenvalue weighted by atomic mass is 32.1. The second kappa shape index (κ2) is 6.07. The van der Waals surface area contributed by atoms with E-state index in [0.717, 1.165) is 17.1 Å². The Bertz CT molecular complexity index is 850. The highest BCUT2D eigenvalue weighted by molar-refractivity contribution is 7.08. The maximum atomic E-state index is 12.9. The number of halogens is 1. The summed E-state index contributed by atoms with van der Waals surface area (Å²) < 4.78 is 14.4. The molecule has 0 saturated carbocycles. The first-order valence-electron chi connectivity index (χ1n) is 6.69. The fourth-order valence-corrected chi connectivity index (χ4v) is 3.03. The van der Waals surface area contributed by atoms with E-state index in [0.29, 0.717) is 17.0 Å². The Morgan fingerprint density at radius 1 is 1.05 bits per heavy atom. The van der Waals surface area contributed by atoms with E-state index in [-0.39, 0.29) is 17.2 Å². The Kier molecular flexibility index (Phi) is 3.98. The maximum Gasteiger partial charge on any atom is 0.261 e. The molecule has 0 saturated heterocycles. The summed E-state index contributed by atoms with van der Waals surface area (Å²) in [7, 11) is 0. The molecule has 0 N–H and O–H groups in total. The number of benzene rings is 2. The van der Waals surface area contributed by atoms with Gasteiger partial charge in [-0.25, -0.2) is 4.39 Å². The van der Waals surface area contributed by atoms with Crippen molar-refractivity contribution >= 4 is 17.3 Å². The molecule has 0 fully saturated rings. The zero-order valence-corrected chi connectivity index (χ0v) is 12.3. The molecule has 2 aromatic carbocycles. The molecule has 5 heteroatoms. The number of nitrogens with zero attached hydrogens (tertiary/aromatic N) is 1. The lowest BCUT2D eigenvalue weighted by molar-refractivity contribution is 0.104. The van der Waals surface area contributed by atoms with Crippen LogP contribution in [0.2, 0.25) is 0 Å². The zero-order valence-electron chi connectivity index (χ0n) is 11.5. The van der Waals surface area contributed by atoms with Crippen LogP contribution < -0.4 is 5.56 Å². The molecule has 1 aromatic heterocycles. The van der Waals surface area contributed by atoms with E-state index in [4.69, 9.17) is 0 Å². The van der Waals surface area contributed by atoms with Gasteiger partial charge in [0.05, 0.1) is 11.4 Å². The third-order valence-electron chi connectivity index (χ3n) is 3.21. The van der Waals surface area contributed by atoms with Gasteiger partial charge in [0.2, 0.25) is 5.78 Å². The highest BCUT2D eigenvalue weighted by Gasteiger charge is 2.14. The summed E-state index contributed by atoms with van der Waals surface area (Å²) in [5.41, 5.74) is 1.13. The van der Waals surface area contributed by atoms with Crippen LogP contribution in [0.1, 0.15) is 20.8 Å².